The highest BCUT2D eigenvalue weighted by atomic mass is 19.2. The SMILES string of the molecule is NC(c1c(F)cc(F)cc1F)c1c(F)cc(F)cc1F. The first-order chi connectivity index (χ1) is 9.31. The largest absolute Gasteiger partial charge is 0.320 e. The number of benzene rings is 2. The Bertz CT molecular complexity index is 566. The average molecular weight is 291 g/mol. The predicted octanol–water partition coefficient (Wildman–Crippen LogP) is 3.57. The summed E-state index contributed by atoms with van der Waals surface area (Å²) in [5.74, 6) is -7.96. The first-order valence-corrected chi connectivity index (χ1v) is 5.35. The molecular formula is C13H7F6N. The maximum Gasteiger partial charge on any atom is 0.134 e. The smallest absolute Gasteiger partial charge is 0.134 e. The molecule has 0 saturated heterocycles. The summed E-state index contributed by atoms with van der Waals surface area (Å²) >= 11 is 0. The molecule has 0 spiro atoms. The van der Waals surface area contributed by atoms with Gasteiger partial charge in [0.25, 0.3) is 0 Å². The minimum Gasteiger partial charge on any atom is -0.320 e. The van der Waals surface area contributed by atoms with Gasteiger partial charge in [-0.15, -0.1) is 0 Å². The molecule has 0 aliphatic rings. The maximum absolute atomic E-state index is 13.5. The molecule has 0 saturated carbocycles. The molecule has 0 unspecified atom stereocenters. The van der Waals surface area contributed by atoms with Gasteiger partial charge in [0.15, 0.2) is 0 Å². The molecule has 1 nitrogen and oxygen atoms in total. The summed E-state index contributed by atoms with van der Waals surface area (Å²) in [5.41, 5.74) is 3.60. The van der Waals surface area contributed by atoms with Gasteiger partial charge in [-0.3, -0.25) is 0 Å². The van der Waals surface area contributed by atoms with Gasteiger partial charge in [-0.25, -0.2) is 26.3 Å². The lowest BCUT2D eigenvalue weighted by Gasteiger charge is -2.16. The van der Waals surface area contributed by atoms with Crippen molar-refractivity contribution in [3.05, 3.63) is 70.3 Å². The molecule has 2 aromatic carbocycles. The molecule has 0 amide bonds. The van der Waals surface area contributed by atoms with Crippen LogP contribution in [0.1, 0.15) is 17.2 Å². The number of halogens is 6. The van der Waals surface area contributed by atoms with Crippen LogP contribution in [0.4, 0.5) is 26.3 Å². The van der Waals surface area contributed by atoms with Crippen molar-refractivity contribution in [3.8, 4) is 0 Å². The fraction of sp³-hybridized carbons (Fsp3) is 0.0769. The van der Waals surface area contributed by atoms with Crippen LogP contribution in [0, 0.1) is 34.9 Å². The molecule has 7 heteroatoms. The molecule has 20 heavy (non-hydrogen) atoms. The van der Waals surface area contributed by atoms with Crippen molar-refractivity contribution in [3.63, 3.8) is 0 Å². The van der Waals surface area contributed by atoms with Gasteiger partial charge in [-0.2, -0.15) is 0 Å². The summed E-state index contributed by atoms with van der Waals surface area (Å²) in [6, 6.07) is -0.555. The molecular weight excluding hydrogens is 284 g/mol. The molecule has 0 fully saturated rings. The second-order valence-corrected chi connectivity index (χ2v) is 4.04. The highest BCUT2D eigenvalue weighted by Gasteiger charge is 2.25. The van der Waals surface area contributed by atoms with Crippen molar-refractivity contribution < 1.29 is 26.3 Å². The number of hydrogen-bond acceptors (Lipinski definition) is 1. The normalized spacial score (nSPS) is 11.2. The van der Waals surface area contributed by atoms with E-state index < -0.39 is 52.1 Å². The summed E-state index contributed by atoms with van der Waals surface area (Å²) in [5, 5.41) is 0. The van der Waals surface area contributed by atoms with Crippen LogP contribution < -0.4 is 5.73 Å². The van der Waals surface area contributed by atoms with Crippen LogP contribution in [0.5, 0.6) is 0 Å². The molecule has 0 aromatic heterocycles. The van der Waals surface area contributed by atoms with E-state index in [1.165, 1.54) is 0 Å². The third-order valence-corrected chi connectivity index (χ3v) is 2.71. The van der Waals surface area contributed by atoms with Gasteiger partial charge in [0.05, 0.1) is 6.04 Å². The topological polar surface area (TPSA) is 26.0 Å². The first-order valence-electron chi connectivity index (χ1n) is 5.35. The minimum absolute atomic E-state index is 0.331. The zero-order valence-corrected chi connectivity index (χ0v) is 9.73. The van der Waals surface area contributed by atoms with E-state index >= 15 is 0 Å². The Morgan fingerprint density at radius 2 is 0.850 bits per heavy atom. The van der Waals surface area contributed by atoms with E-state index in [0.717, 1.165) is 0 Å². The summed E-state index contributed by atoms with van der Waals surface area (Å²) in [6.45, 7) is 0. The van der Waals surface area contributed by atoms with Gasteiger partial charge in [0.2, 0.25) is 0 Å². The summed E-state index contributed by atoms with van der Waals surface area (Å²) in [6.07, 6.45) is 0. The van der Waals surface area contributed by atoms with E-state index in [1.54, 1.807) is 0 Å². The second kappa shape index (κ2) is 5.16. The molecule has 2 N–H and O–H groups in total. The zero-order valence-electron chi connectivity index (χ0n) is 9.73. The van der Waals surface area contributed by atoms with Crippen LogP contribution in [0.3, 0.4) is 0 Å². The maximum atomic E-state index is 13.5. The van der Waals surface area contributed by atoms with Gasteiger partial charge in [0, 0.05) is 35.4 Å². The Hall–Kier alpha value is -2.02. The Morgan fingerprint density at radius 3 is 1.10 bits per heavy atom. The van der Waals surface area contributed by atoms with Crippen molar-refractivity contribution in [2.75, 3.05) is 0 Å². The number of nitrogens with two attached hydrogens (primary N) is 1. The fourth-order valence-corrected chi connectivity index (χ4v) is 1.85. The third kappa shape index (κ3) is 2.49. The summed E-state index contributed by atoms with van der Waals surface area (Å²) in [4.78, 5) is 0. The summed E-state index contributed by atoms with van der Waals surface area (Å²) in [7, 11) is 0. The second-order valence-electron chi connectivity index (χ2n) is 4.04. The Morgan fingerprint density at radius 1 is 0.600 bits per heavy atom. The Labute approximate surface area is 109 Å². The highest BCUT2D eigenvalue weighted by molar-refractivity contribution is 5.35. The van der Waals surface area contributed by atoms with E-state index in [0.29, 0.717) is 24.3 Å². The van der Waals surface area contributed by atoms with Gasteiger partial charge in [-0.05, 0) is 0 Å². The van der Waals surface area contributed by atoms with Gasteiger partial charge in [0.1, 0.15) is 34.9 Å². The number of hydrogen-bond donors (Lipinski definition) is 1. The van der Waals surface area contributed by atoms with Crippen molar-refractivity contribution in [2.24, 2.45) is 5.73 Å². The zero-order chi connectivity index (χ0) is 15.0. The fourth-order valence-electron chi connectivity index (χ4n) is 1.85. The lowest BCUT2D eigenvalue weighted by Crippen LogP contribution is -2.19. The number of rotatable bonds is 2. The molecule has 0 bridgehead atoms. The van der Waals surface area contributed by atoms with Gasteiger partial charge < -0.3 is 5.73 Å². The van der Waals surface area contributed by atoms with Crippen LogP contribution in [-0.4, -0.2) is 0 Å². The molecule has 0 atom stereocenters. The summed E-state index contributed by atoms with van der Waals surface area (Å²) < 4.78 is 79.6. The van der Waals surface area contributed by atoms with Crippen LogP contribution in [-0.2, 0) is 0 Å². The van der Waals surface area contributed by atoms with E-state index in [1.807, 2.05) is 0 Å². The van der Waals surface area contributed by atoms with Crippen LogP contribution in [0.2, 0.25) is 0 Å². The van der Waals surface area contributed by atoms with E-state index in [2.05, 4.69) is 0 Å². The highest BCUT2D eigenvalue weighted by Crippen LogP contribution is 2.29. The average Bonchev–Trinajstić information content (AvgIpc) is 2.25. The van der Waals surface area contributed by atoms with Crippen LogP contribution in [0.25, 0.3) is 0 Å². The van der Waals surface area contributed by atoms with Crippen molar-refractivity contribution in [1.29, 1.82) is 0 Å². The van der Waals surface area contributed by atoms with E-state index in [-0.39, 0.29) is 0 Å². The van der Waals surface area contributed by atoms with Gasteiger partial charge in [-0.1, -0.05) is 0 Å². The van der Waals surface area contributed by atoms with Gasteiger partial charge >= 0.3 is 0 Å². The molecule has 2 rings (SSSR count). The Kier molecular flexibility index (Phi) is 3.71. The van der Waals surface area contributed by atoms with E-state index in [9.17, 15) is 26.3 Å². The molecule has 0 radical (unpaired) electrons. The molecule has 106 valence electrons. The Balaban J connectivity index is 2.61. The molecule has 0 heterocycles. The predicted molar refractivity (Wildman–Crippen MR) is 58.7 cm³/mol. The molecule has 0 aliphatic heterocycles. The molecule has 2 aromatic rings. The minimum atomic E-state index is -1.88. The first kappa shape index (κ1) is 14.4. The lowest BCUT2D eigenvalue weighted by molar-refractivity contribution is 0.488. The quantitative estimate of drug-likeness (QED) is 0.841. The monoisotopic (exact) mass is 291 g/mol. The standard InChI is InChI=1S/C13H7F6N/c14-5-1-7(16)11(8(17)2-5)13(20)12-9(18)3-6(15)4-10(12)19/h1-4,13H,20H2. The molecule has 0 aliphatic carbocycles. The van der Waals surface area contributed by atoms with E-state index in [4.69, 9.17) is 5.73 Å². The lowest BCUT2D eigenvalue weighted by atomic mass is 9.97. The van der Waals surface area contributed by atoms with Crippen molar-refractivity contribution >= 4 is 0 Å². The van der Waals surface area contributed by atoms with Crippen molar-refractivity contribution in [1.82, 2.24) is 0 Å². The van der Waals surface area contributed by atoms with Crippen LogP contribution >= 0.6 is 0 Å². The van der Waals surface area contributed by atoms with Crippen LogP contribution in [0.15, 0.2) is 24.3 Å². The third-order valence-electron chi connectivity index (χ3n) is 2.71. The van der Waals surface area contributed by atoms with Crippen molar-refractivity contribution in [2.45, 2.75) is 6.04 Å².